The van der Waals surface area contributed by atoms with Crippen LogP contribution in [0.4, 0.5) is 13.2 Å². The van der Waals surface area contributed by atoms with Crippen LogP contribution in [0.15, 0.2) is 12.1 Å². The summed E-state index contributed by atoms with van der Waals surface area (Å²) in [4.78, 5) is 11.3. The molecule has 0 fully saturated rings. The summed E-state index contributed by atoms with van der Waals surface area (Å²) >= 11 is 5.58. The van der Waals surface area contributed by atoms with E-state index in [4.69, 9.17) is 16.3 Å². The number of ketones is 1. The summed E-state index contributed by atoms with van der Waals surface area (Å²) in [5.41, 5.74) is -1.55. The second-order valence-electron chi connectivity index (χ2n) is 3.31. The lowest BCUT2D eigenvalue weighted by Crippen LogP contribution is -2.13. The van der Waals surface area contributed by atoms with Crippen LogP contribution >= 0.6 is 11.6 Å². The van der Waals surface area contributed by atoms with E-state index in [0.29, 0.717) is 0 Å². The Hall–Kier alpha value is -1.23. The van der Waals surface area contributed by atoms with Gasteiger partial charge in [0.05, 0.1) is 17.7 Å². The SMILES string of the molecule is CCOc1cc(Cl)cc(C(F)(F)F)c1C(C)=O. The number of Topliss-reactive ketones (excluding diaryl/α,β-unsaturated/α-hetero) is 1. The molecule has 0 saturated heterocycles. The molecule has 0 aliphatic carbocycles. The van der Waals surface area contributed by atoms with E-state index in [2.05, 4.69) is 0 Å². The van der Waals surface area contributed by atoms with Crippen LogP contribution < -0.4 is 4.74 Å². The fraction of sp³-hybridized carbons (Fsp3) is 0.364. The van der Waals surface area contributed by atoms with E-state index in [-0.39, 0.29) is 17.4 Å². The first-order valence-electron chi connectivity index (χ1n) is 4.81. The van der Waals surface area contributed by atoms with Crippen LogP contribution in [0, 0.1) is 0 Å². The molecule has 2 nitrogen and oxygen atoms in total. The Morgan fingerprint density at radius 1 is 1.41 bits per heavy atom. The number of rotatable bonds is 3. The molecule has 1 aromatic rings. The predicted molar refractivity (Wildman–Crippen MR) is 57.6 cm³/mol. The van der Waals surface area contributed by atoms with E-state index in [1.54, 1.807) is 6.92 Å². The van der Waals surface area contributed by atoms with Gasteiger partial charge in [-0.15, -0.1) is 0 Å². The van der Waals surface area contributed by atoms with Crippen LogP contribution in [-0.4, -0.2) is 12.4 Å². The zero-order valence-electron chi connectivity index (χ0n) is 9.19. The second kappa shape index (κ2) is 4.96. The highest BCUT2D eigenvalue weighted by Crippen LogP contribution is 2.38. The van der Waals surface area contributed by atoms with Crippen LogP contribution in [-0.2, 0) is 6.18 Å². The minimum atomic E-state index is -4.64. The molecule has 0 unspecified atom stereocenters. The van der Waals surface area contributed by atoms with Crippen LogP contribution in [0.2, 0.25) is 5.02 Å². The number of hydrogen-bond acceptors (Lipinski definition) is 2. The van der Waals surface area contributed by atoms with Crippen molar-refractivity contribution in [2.75, 3.05) is 6.61 Å². The molecule has 0 aliphatic rings. The van der Waals surface area contributed by atoms with Gasteiger partial charge in [0.1, 0.15) is 5.75 Å². The Labute approximate surface area is 101 Å². The molecule has 0 aromatic heterocycles. The smallest absolute Gasteiger partial charge is 0.417 e. The fourth-order valence-corrected chi connectivity index (χ4v) is 1.65. The molecule has 0 N–H and O–H groups in total. The number of ether oxygens (including phenoxy) is 1. The van der Waals surface area contributed by atoms with E-state index in [9.17, 15) is 18.0 Å². The van der Waals surface area contributed by atoms with Gasteiger partial charge in [0, 0.05) is 5.02 Å². The summed E-state index contributed by atoms with van der Waals surface area (Å²) in [6, 6.07) is 1.93. The van der Waals surface area contributed by atoms with E-state index in [1.165, 1.54) is 6.07 Å². The largest absolute Gasteiger partial charge is 0.493 e. The van der Waals surface area contributed by atoms with Crippen molar-refractivity contribution in [2.45, 2.75) is 20.0 Å². The maximum atomic E-state index is 12.7. The van der Waals surface area contributed by atoms with Gasteiger partial charge in [0.2, 0.25) is 0 Å². The summed E-state index contributed by atoms with van der Waals surface area (Å²) in [6.45, 7) is 2.82. The molecule has 0 atom stereocenters. The van der Waals surface area contributed by atoms with Crippen molar-refractivity contribution >= 4 is 17.4 Å². The van der Waals surface area contributed by atoms with Crippen LogP contribution in [0.5, 0.6) is 5.75 Å². The van der Waals surface area contributed by atoms with Gasteiger partial charge >= 0.3 is 6.18 Å². The highest BCUT2D eigenvalue weighted by molar-refractivity contribution is 6.31. The minimum Gasteiger partial charge on any atom is -0.493 e. The molecule has 0 radical (unpaired) electrons. The summed E-state index contributed by atoms with van der Waals surface area (Å²) in [5.74, 6) is -0.850. The topological polar surface area (TPSA) is 26.3 Å². The fourth-order valence-electron chi connectivity index (χ4n) is 1.44. The molecule has 1 rings (SSSR count). The third-order valence-corrected chi connectivity index (χ3v) is 2.24. The first-order chi connectivity index (χ1) is 7.77. The van der Waals surface area contributed by atoms with Gasteiger partial charge in [-0.05, 0) is 26.0 Å². The second-order valence-corrected chi connectivity index (χ2v) is 3.75. The van der Waals surface area contributed by atoms with E-state index < -0.39 is 23.1 Å². The van der Waals surface area contributed by atoms with Crippen LogP contribution in [0.1, 0.15) is 29.8 Å². The molecule has 0 saturated carbocycles. The number of halogens is 4. The van der Waals surface area contributed by atoms with Crippen molar-refractivity contribution in [3.05, 3.63) is 28.3 Å². The number of alkyl halides is 3. The maximum absolute atomic E-state index is 12.7. The van der Waals surface area contributed by atoms with Crippen LogP contribution in [0.25, 0.3) is 0 Å². The Kier molecular flexibility index (Phi) is 4.03. The lowest BCUT2D eigenvalue weighted by molar-refractivity contribution is -0.138. The van der Waals surface area contributed by atoms with Gasteiger partial charge in [0.15, 0.2) is 5.78 Å². The average Bonchev–Trinajstić information content (AvgIpc) is 2.15. The molecule has 0 aliphatic heterocycles. The summed E-state index contributed by atoms with van der Waals surface area (Å²) < 4.78 is 43.2. The van der Waals surface area contributed by atoms with Crippen molar-refractivity contribution in [1.82, 2.24) is 0 Å². The monoisotopic (exact) mass is 266 g/mol. The average molecular weight is 267 g/mol. The normalized spacial score (nSPS) is 11.4. The summed E-state index contributed by atoms with van der Waals surface area (Å²) in [5, 5.41) is -0.120. The maximum Gasteiger partial charge on any atom is 0.417 e. The lowest BCUT2D eigenvalue weighted by atomic mass is 10.0. The molecule has 0 amide bonds. The number of hydrogen-bond donors (Lipinski definition) is 0. The van der Waals surface area contributed by atoms with Crippen molar-refractivity contribution < 1.29 is 22.7 Å². The van der Waals surface area contributed by atoms with E-state index in [1.807, 2.05) is 0 Å². The summed E-state index contributed by atoms with van der Waals surface area (Å²) in [6.07, 6.45) is -4.64. The van der Waals surface area contributed by atoms with Gasteiger partial charge in [0.25, 0.3) is 0 Å². The molecule has 0 bridgehead atoms. The number of carbonyl (C=O) groups is 1. The Bertz CT molecular complexity index is 441. The summed E-state index contributed by atoms with van der Waals surface area (Å²) in [7, 11) is 0. The molecular formula is C11H10ClF3O2. The van der Waals surface area contributed by atoms with E-state index >= 15 is 0 Å². The number of benzene rings is 1. The zero-order chi connectivity index (χ0) is 13.2. The minimum absolute atomic E-state index is 0.120. The first kappa shape index (κ1) is 13.8. The molecule has 0 spiro atoms. The first-order valence-corrected chi connectivity index (χ1v) is 5.19. The number of carbonyl (C=O) groups excluding carboxylic acids is 1. The quantitative estimate of drug-likeness (QED) is 0.774. The molecule has 94 valence electrons. The Balaban J connectivity index is 3.52. The zero-order valence-corrected chi connectivity index (χ0v) is 9.95. The Morgan fingerprint density at radius 3 is 2.41 bits per heavy atom. The third kappa shape index (κ3) is 3.12. The molecule has 0 heterocycles. The van der Waals surface area contributed by atoms with E-state index in [0.717, 1.165) is 13.0 Å². The highest BCUT2D eigenvalue weighted by atomic mass is 35.5. The van der Waals surface area contributed by atoms with Gasteiger partial charge in [-0.1, -0.05) is 11.6 Å². The van der Waals surface area contributed by atoms with Crippen LogP contribution in [0.3, 0.4) is 0 Å². The van der Waals surface area contributed by atoms with Crippen molar-refractivity contribution in [2.24, 2.45) is 0 Å². The van der Waals surface area contributed by atoms with Gasteiger partial charge in [-0.25, -0.2) is 0 Å². The molecular weight excluding hydrogens is 257 g/mol. The van der Waals surface area contributed by atoms with Gasteiger partial charge in [-0.3, -0.25) is 4.79 Å². The van der Waals surface area contributed by atoms with Crippen molar-refractivity contribution in [3.63, 3.8) is 0 Å². The van der Waals surface area contributed by atoms with Gasteiger partial charge < -0.3 is 4.74 Å². The highest BCUT2D eigenvalue weighted by Gasteiger charge is 2.36. The predicted octanol–water partition coefficient (Wildman–Crippen LogP) is 3.96. The van der Waals surface area contributed by atoms with Crippen molar-refractivity contribution in [3.8, 4) is 5.75 Å². The molecule has 17 heavy (non-hydrogen) atoms. The lowest BCUT2D eigenvalue weighted by Gasteiger charge is -2.15. The van der Waals surface area contributed by atoms with Crippen molar-refractivity contribution in [1.29, 1.82) is 0 Å². The molecule has 1 aromatic carbocycles. The third-order valence-electron chi connectivity index (χ3n) is 2.02. The van der Waals surface area contributed by atoms with Gasteiger partial charge in [-0.2, -0.15) is 13.2 Å². The molecule has 6 heteroatoms. The standard InChI is InChI=1S/C11H10ClF3O2/c1-3-17-9-5-7(12)4-8(11(13,14)15)10(9)6(2)16/h4-5H,3H2,1-2H3. The Morgan fingerprint density at radius 2 is 2.00 bits per heavy atom.